The molecule has 1 aliphatic rings. The van der Waals surface area contributed by atoms with Crippen LogP contribution in [0.25, 0.3) is 0 Å². The summed E-state index contributed by atoms with van der Waals surface area (Å²) in [5.74, 6) is 2.28. The molecule has 3 nitrogen and oxygen atoms in total. The molecule has 2 rings (SSSR count). The molecule has 0 aromatic heterocycles. The topological polar surface area (TPSA) is 21.7 Å². The van der Waals surface area contributed by atoms with Crippen LogP contribution in [0.1, 0.15) is 51.5 Å². The van der Waals surface area contributed by atoms with Crippen molar-refractivity contribution in [1.82, 2.24) is 4.90 Å². The molecule has 0 spiro atoms. The van der Waals surface area contributed by atoms with Gasteiger partial charge in [-0.25, -0.2) is 0 Å². The van der Waals surface area contributed by atoms with E-state index in [2.05, 4.69) is 37.8 Å². The van der Waals surface area contributed by atoms with Crippen LogP contribution in [0.3, 0.4) is 0 Å². The number of rotatable bonds is 5. The van der Waals surface area contributed by atoms with Gasteiger partial charge in [-0.05, 0) is 69.8 Å². The molecule has 1 aliphatic heterocycles. The van der Waals surface area contributed by atoms with Crippen LogP contribution >= 0.6 is 0 Å². The lowest BCUT2D eigenvalue weighted by atomic mass is 9.86. The van der Waals surface area contributed by atoms with Crippen molar-refractivity contribution in [3.05, 3.63) is 23.8 Å². The number of benzene rings is 1. The fourth-order valence-corrected chi connectivity index (χ4v) is 3.15. The fourth-order valence-electron chi connectivity index (χ4n) is 3.15. The summed E-state index contributed by atoms with van der Waals surface area (Å²) < 4.78 is 10.7. The third-order valence-corrected chi connectivity index (χ3v) is 5.10. The van der Waals surface area contributed by atoms with Crippen molar-refractivity contribution in [2.75, 3.05) is 27.3 Å². The first kappa shape index (κ1) is 16.2. The van der Waals surface area contributed by atoms with Gasteiger partial charge >= 0.3 is 0 Å². The van der Waals surface area contributed by atoms with Crippen LogP contribution in [0.4, 0.5) is 0 Å². The van der Waals surface area contributed by atoms with E-state index in [-0.39, 0.29) is 0 Å². The van der Waals surface area contributed by atoms with Crippen LogP contribution in [0.5, 0.6) is 11.5 Å². The third-order valence-electron chi connectivity index (χ3n) is 5.10. The molecule has 0 bridgehead atoms. The van der Waals surface area contributed by atoms with E-state index in [9.17, 15) is 0 Å². The first-order valence-electron chi connectivity index (χ1n) is 7.98. The number of piperidine rings is 1. The molecule has 1 aromatic rings. The van der Waals surface area contributed by atoms with Crippen molar-refractivity contribution in [2.45, 2.75) is 51.5 Å². The number of likely N-dealkylation sites (tertiary alicyclic amines) is 1. The zero-order chi connectivity index (χ0) is 15.5. The Morgan fingerprint density at radius 3 is 2.24 bits per heavy atom. The maximum Gasteiger partial charge on any atom is 0.160 e. The number of hydrogen-bond acceptors (Lipinski definition) is 3. The van der Waals surface area contributed by atoms with Crippen LogP contribution in [0.2, 0.25) is 0 Å². The van der Waals surface area contributed by atoms with Gasteiger partial charge in [0.25, 0.3) is 0 Å². The van der Waals surface area contributed by atoms with Gasteiger partial charge in [0.2, 0.25) is 0 Å². The van der Waals surface area contributed by atoms with Crippen molar-refractivity contribution >= 4 is 0 Å². The number of hydrogen-bond donors (Lipinski definition) is 0. The first-order chi connectivity index (χ1) is 10.0. The number of ether oxygens (including phenoxy) is 2. The molecule has 0 aliphatic carbocycles. The molecule has 1 fully saturated rings. The summed E-state index contributed by atoms with van der Waals surface area (Å²) >= 11 is 0. The molecule has 0 N–H and O–H groups in total. The van der Waals surface area contributed by atoms with Gasteiger partial charge in [-0.15, -0.1) is 0 Å². The molecule has 21 heavy (non-hydrogen) atoms. The van der Waals surface area contributed by atoms with Crippen LogP contribution in [-0.4, -0.2) is 37.7 Å². The zero-order valence-corrected chi connectivity index (χ0v) is 14.1. The number of methoxy groups -OCH3 is 2. The second-order valence-corrected chi connectivity index (χ2v) is 6.54. The second-order valence-electron chi connectivity index (χ2n) is 6.54. The van der Waals surface area contributed by atoms with E-state index in [1.807, 2.05) is 6.07 Å². The lowest BCUT2D eigenvalue weighted by Gasteiger charge is -2.42. The molecule has 0 atom stereocenters. The van der Waals surface area contributed by atoms with Gasteiger partial charge in [-0.3, -0.25) is 4.90 Å². The van der Waals surface area contributed by atoms with E-state index in [1.165, 1.54) is 37.9 Å². The molecule has 1 saturated heterocycles. The van der Waals surface area contributed by atoms with E-state index in [0.29, 0.717) is 11.5 Å². The highest BCUT2D eigenvalue weighted by molar-refractivity contribution is 5.44. The summed E-state index contributed by atoms with van der Waals surface area (Å²) in [6, 6.07) is 6.35. The Labute approximate surface area is 129 Å². The van der Waals surface area contributed by atoms with Crippen LogP contribution in [0.15, 0.2) is 18.2 Å². The average molecular weight is 291 g/mol. The molecule has 118 valence electrons. The molecule has 0 saturated carbocycles. The third kappa shape index (κ3) is 3.52. The standard InChI is InChI=1S/C18H29NO2/c1-6-18(2,3)19-11-9-14(10-12-19)15-7-8-16(20-4)17(13-15)21-5/h7-8,13-14H,6,9-12H2,1-5H3. The monoisotopic (exact) mass is 291 g/mol. The number of nitrogens with zero attached hydrogens (tertiary/aromatic N) is 1. The van der Waals surface area contributed by atoms with Crippen LogP contribution in [0, 0.1) is 0 Å². The maximum absolute atomic E-state index is 5.43. The van der Waals surface area contributed by atoms with Crippen molar-refractivity contribution in [1.29, 1.82) is 0 Å². The predicted molar refractivity (Wildman–Crippen MR) is 87.5 cm³/mol. The molecule has 1 heterocycles. The van der Waals surface area contributed by atoms with E-state index >= 15 is 0 Å². The Bertz CT molecular complexity index is 462. The Balaban J connectivity index is 2.05. The average Bonchev–Trinajstić information content (AvgIpc) is 2.54. The zero-order valence-electron chi connectivity index (χ0n) is 14.1. The van der Waals surface area contributed by atoms with Gasteiger partial charge in [0.05, 0.1) is 14.2 Å². The smallest absolute Gasteiger partial charge is 0.160 e. The minimum Gasteiger partial charge on any atom is -0.493 e. The van der Waals surface area contributed by atoms with Crippen molar-refractivity contribution in [3.63, 3.8) is 0 Å². The summed E-state index contributed by atoms with van der Waals surface area (Å²) in [5.41, 5.74) is 1.70. The van der Waals surface area contributed by atoms with E-state index in [0.717, 1.165) is 11.5 Å². The van der Waals surface area contributed by atoms with E-state index in [1.54, 1.807) is 14.2 Å². The van der Waals surface area contributed by atoms with Gasteiger partial charge in [0, 0.05) is 5.54 Å². The Morgan fingerprint density at radius 1 is 1.10 bits per heavy atom. The van der Waals surface area contributed by atoms with E-state index in [4.69, 9.17) is 9.47 Å². The summed E-state index contributed by atoms with van der Waals surface area (Å²) in [6.45, 7) is 9.34. The molecule has 3 heteroatoms. The van der Waals surface area contributed by atoms with E-state index < -0.39 is 0 Å². The molecular formula is C18H29NO2. The maximum atomic E-state index is 5.43. The molecule has 1 aromatic carbocycles. The van der Waals surface area contributed by atoms with Crippen LogP contribution < -0.4 is 9.47 Å². The first-order valence-corrected chi connectivity index (χ1v) is 7.98. The van der Waals surface area contributed by atoms with Crippen molar-refractivity contribution < 1.29 is 9.47 Å². The van der Waals surface area contributed by atoms with Gasteiger partial charge in [-0.1, -0.05) is 13.0 Å². The molecular weight excluding hydrogens is 262 g/mol. The quantitative estimate of drug-likeness (QED) is 0.816. The summed E-state index contributed by atoms with van der Waals surface area (Å²) in [5, 5.41) is 0. The normalized spacial score (nSPS) is 17.8. The highest BCUT2D eigenvalue weighted by Crippen LogP contribution is 2.36. The fraction of sp³-hybridized carbons (Fsp3) is 0.667. The van der Waals surface area contributed by atoms with Crippen molar-refractivity contribution in [3.8, 4) is 11.5 Å². The van der Waals surface area contributed by atoms with Gasteiger partial charge in [0.15, 0.2) is 11.5 Å². The van der Waals surface area contributed by atoms with Crippen molar-refractivity contribution in [2.24, 2.45) is 0 Å². The summed E-state index contributed by atoms with van der Waals surface area (Å²) in [4.78, 5) is 2.63. The van der Waals surface area contributed by atoms with Gasteiger partial charge in [0.1, 0.15) is 0 Å². The molecule has 0 radical (unpaired) electrons. The largest absolute Gasteiger partial charge is 0.493 e. The Morgan fingerprint density at radius 2 is 1.71 bits per heavy atom. The lowest BCUT2D eigenvalue weighted by Crippen LogP contribution is -2.47. The summed E-state index contributed by atoms with van der Waals surface area (Å²) in [6.07, 6.45) is 3.64. The molecule has 0 unspecified atom stereocenters. The Kier molecular flexibility index (Phi) is 5.15. The predicted octanol–water partition coefficient (Wildman–Crippen LogP) is 4.07. The van der Waals surface area contributed by atoms with Gasteiger partial charge in [-0.2, -0.15) is 0 Å². The second kappa shape index (κ2) is 6.69. The molecule has 0 amide bonds. The van der Waals surface area contributed by atoms with Crippen LogP contribution in [-0.2, 0) is 0 Å². The minimum absolute atomic E-state index is 0.322. The highest BCUT2D eigenvalue weighted by Gasteiger charge is 2.29. The SMILES string of the molecule is CCC(C)(C)N1CCC(c2ccc(OC)c(OC)c2)CC1. The van der Waals surface area contributed by atoms with Gasteiger partial charge < -0.3 is 9.47 Å². The minimum atomic E-state index is 0.322. The lowest BCUT2D eigenvalue weighted by molar-refractivity contribution is 0.0847. The highest BCUT2D eigenvalue weighted by atomic mass is 16.5. The summed E-state index contributed by atoms with van der Waals surface area (Å²) in [7, 11) is 3.39. The Hall–Kier alpha value is -1.22.